The van der Waals surface area contributed by atoms with E-state index >= 15 is 0 Å². The first-order valence-electron chi connectivity index (χ1n) is 3.61. The van der Waals surface area contributed by atoms with Gasteiger partial charge in [-0.25, -0.2) is 4.79 Å². The minimum Gasteiger partial charge on any atom is -0.351 e. The molecule has 1 rings (SSSR count). The number of benzene rings is 1. The van der Waals surface area contributed by atoms with Crippen LogP contribution < -0.4 is 5.73 Å². The van der Waals surface area contributed by atoms with Gasteiger partial charge in [-0.3, -0.25) is 0 Å². The molecule has 0 saturated heterocycles. The van der Waals surface area contributed by atoms with Gasteiger partial charge in [-0.1, -0.05) is 30.3 Å². The van der Waals surface area contributed by atoms with Crippen molar-refractivity contribution in [1.29, 1.82) is 0 Å². The van der Waals surface area contributed by atoms with Crippen LogP contribution in [-0.2, 0) is 6.54 Å². The zero-order valence-electron chi connectivity index (χ0n) is 6.73. The molecular weight excluding hydrogens is 152 g/mol. The van der Waals surface area contributed by atoms with Gasteiger partial charge >= 0.3 is 6.03 Å². The third-order valence-corrected chi connectivity index (χ3v) is 1.53. The number of rotatable bonds is 2. The van der Waals surface area contributed by atoms with Gasteiger partial charge in [0, 0.05) is 13.6 Å². The molecule has 1 aromatic carbocycles. The number of nitrogens with two attached hydrogens (primary N) is 1. The summed E-state index contributed by atoms with van der Waals surface area (Å²) in [5.74, 6) is 0. The van der Waals surface area contributed by atoms with Crippen molar-refractivity contribution in [1.82, 2.24) is 4.90 Å². The summed E-state index contributed by atoms with van der Waals surface area (Å²) < 4.78 is 0. The number of amides is 2. The molecule has 0 aliphatic rings. The van der Waals surface area contributed by atoms with Crippen LogP contribution in [-0.4, -0.2) is 10.9 Å². The molecule has 3 heteroatoms. The van der Waals surface area contributed by atoms with Crippen molar-refractivity contribution in [3.8, 4) is 0 Å². The van der Waals surface area contributed by atoms with E-state index in [9.17, 15) is 4.79 Å². The van der Waals surface area contributed by atoms with Gasteiger partial charge < -0.3 is 10.6 Å². The van der Waals surface area contributed by atoms with E-state index in [1.165, 1.54) is 4.90 Å². The Labute approximate surface area is 71.8 Å². The summed E-state index contributed by atoms with van der Waals surface area (Å²) in [6.07, 6.45) is 0. The predicted octanol–water partition coefficient (Wildman–Crippen LogP) is 1.36. The van der Waals surface area contributed by atoms with Crippen LogP contribution in [0.4, 0.5) is 4.79 Å². The molecule has 0 heterocycles. The molecule has 63 valence electrons. The Morgan fingerprint density at radius 2 is 2.00 bits per heavy atom. The molecule has 12 heavy (non-hydrogen) atoms. The van der Waals surface area contributed by atoms with E-state index in [1.54, 1.807) is 0 Å². The Balaban J connectivity index is 2.58. The standard InChI is InChI=1S/C9H11N2O/c1-11(9(10)12)7-8-5-3-2-4-6-8/h2-6H,1,7H2,(H2,10,12). The highest BCUT2D eigenvalue weighted by Crippen LogP contribution is 2.02. The van der Waals surface area contributed by atoms with Gasteiger partial charge in [0.05, 0.1) is 0 Å². The number of hydrogen-bond acceptors (Lipinski definition) is 1. The number of carbonyl (C=O) groups is 1. The first-order valence-corrected chi connectivity index (χ1v) is 3.61. The highest BCUT2D eigenvalue weighted by atomic mass is 16.2. The molecule has 0 fully saturated rings. The number of urea groups is 1. The largest absolute Gasteiger partial charge is 0.351 e. The average Bonchev–Trinajstić information content (AvgIpc) is 2.06. The molecule has 3 nitrogen and oxygen atoms in total. The normalized spacial score (nSPS) is 9.42. The minimum absolute atomic E-state index is 0.455. The summed E-state index contributed by atoms with van der Waals surface area (Å²) in [5, 5.41) is 0. The molecular formula is C9H11N2O. The molecule has 0 unspecified atom stereocenters. The summed E-state index contributed by atoms with van der Waals surface area (Å²) in [6.45, 7) is 0.455. The van der Waals surface area contributed by atoms with Gasteiger partial charge in [0.15, 0.2) is 0 Å². The zero-order chi connectivity index (χ0) is 8.97. The fraction of sp³-hybridized carbons (Fsp3) is 0.111. The quantitative estimate of drug-likeness (QED) is 0.703. The lowest BCUT2D eigenvalue weighted by atomic mass is 10.2. The first-order chi connectivity index (χ1) is 5.70. The number of primary amides is 1. The van der Waals surface area contributed by atoms with Gasteiger partial charge in [0.1, 0.15) is 0 Å². The first kappa shape index (κ1) is 8.59. The molecule has 0 atom stereocenters. The minimum atomic E-state index is -0.515. The highest BCUT2D eigenvalue weighted by molar-refractivity contribution is 5.72. The smallest absolute Gasteiger partial charge is 0.315 e. The second-order valence-electron chi connectivity index (χ2n) is 2.52. The van der Waals surface area contributed by atoms with Gasteiger partial charge in [-0.05, 0) is 5.56 Å². The van der Waals surface area contributed by atoms with E-state index in [2.05, 4.69) is 7.05 Å². The Morgan fingerprint density at radius 3 is 2.50 bits per heavy atom. The van der Waals surface area contributed by atoms with Crippen LogP contribution in [0.15, 0.2) is 30.3 Å². The molecule has 1 radical (unpaired) electrons. The Kier molecular flexibility index (Phi) is 2.69. The molecule has 2 N–H and O–H groups in total. The monoisotopic (exact) mass is 163 g/mol. The van der Waals surface area contributed by atoms with Crippen LogP contribution in [0, 0.1) is 7.05 Å². The Morgan fingerprint density at radius 1 is 1.42 bits per heavy atom. The molecule has 2 amide bonds. The molecule has 0 bridgehead atoms. The average molecular weight is 163 g/mol. The van der Waals surface area contributed by atoms with Crippen molar-refractivity contribution in [2.75, 3.05) is 0 Å². The van der Waals surface area contributed by atoms with E-state index in [1.807, 2.05) is 30.3 Å². The summed E-state index contributed by atoms with van der Waals surface area (Å²) in [6, 6.07) is 9.05. The van der Waals surface area contributed by atoms with E-state index in [4.69, 9.17) is 5.73 Å². The second-order valence-corrected chi connectivity index (χ2v) is 2.52. The van der Waals surface area contributed by atoms with Crippen LogP contribution in [0.3, 0.4) is 0 Å². The third kappa shape index (κ3) is 2.27. The molecule has 1 aromatic rings. The van der Waals surface area contributed by atoms with Crippen molar-refractivity contribution in [2.24, 2.45) is 5.73 Å². The summed E-state index contributed by atoms with van der Waals surface area (Å²) in [7, 11) is 3.49. The molecule has 0 saturated carbocycles. The zero-order valence-corrected chi connectivity index (χ0v) is 6.73. The van der Waals surface area contributed by atoms with E-state index < -0.39 is 6.03 Å². The van der Waals surface area contributed by atoms with Gasteiger partial charge in [-0.2, -0.15) is 0 Å². The molecule has 0 spiro atoms. The fourth-order valence-corrected chi connectivity index (χ4v) is 0.882. The van der Waals surface area contributed by atoms with Crippen LogP contribution in [0.5, 0.6) is 0 Å². The van der Waals surface area contributed by atoms with E-state index in [-0.39, 0.29) is 0 Å². The molecule has 0 aliphatic carbocycles. The number of hydrogen-bond donors (Lipinski definition) is 1. The van der Waals surface area contributed by atoms with Gasteiger partial charge in [0.2, 0.25) is 0 Å². The summed E-state index contributed by atoms with van der Waals surface area (Å²) in [5.41, 5.74) is 6.03. The summed E-state index contributed by atoms with van der Waals surface area (Å²) in [4.78, 5) is 11.8. The van der Waals surface area contributed by atoms with E-state index in [0.717, 1.165) is 5.56 Å². The van der Waals surface area contributed by atoms with Crippen LogP contribution in [0.2, 0.25) is 0 Å². The third-order valence-electron chi connectivity index (χ3n) is 1.53. The Hall–Kier alpha value is -1.51. The van der Waals surface area contributed by atoms with E-state index in [0.29, 0.717) is 6.54 Å². The van der Waals surface area contributed by atoms with Crippen molar-refractivity contribution < 1.29 is 4.79 Å². The van der Waals surface area contributed by atoms with Crippen molar-refractivity contribution >= 4 is 6.03 Å². The number of nitrogens with zero attached hydrogens (tertiary/aromatic N) is 1. The van der Waals surface area contributed by atoms with Crippen molar-refractivity contribution in [3.63, 3.8) is 0 Å². The molecule has 0 aromatic heterocycles. The van der Waals surface area contributed by atoms with Crippen molar-refractivity contribution in [2.45, 2.75) is 6.54 Å². The van der Waals surface area contributed by atoms with Crippen LogP contribution in [0.25, 0.3) is 0 Å². The SMILES string of the molecule is [CH2]N(Cc1ccccc1)C(N)=O. The van der Waals surface area contributed by atoms with Crippen LogP contribution >= 0.6 is 0 Å². The lowest BCUT2D eigenvalue weighted by molar-refractivity contribution is 0.222. The van der Waals surface area contributed by atoms with Crippen molar-refractivity contribution in [3.05, 3.63) is 42.9 Å². The maximum atomic E-state index is 10.6. The fourth-order valence-electron chi connectivity index (χ4n) is 0.882. The van der Waals surface area contributed by atoms with Crippen LogP contribution in [0.1, 0.15) is 5.56 Å². The maximum absolute atomic E-state index is 10.6. The van der Waals surface area contributed by atoms with Gasteiger partial charge in [0.25, 0.3) is 0 Å². The lowest BCUT2D eigenvalue weighted by Gasteiger charge is -2.12. The number of carbonyl (C=O) groups excluding carboxylic acids is 1. The molecule has 0 aliphatic heterocycles. The summed E-state index contributed by atoms with van der Waals surface area (Å²) >= 11 is 0. The second kappa shape index (κ2) is 3.76. The predicted molar refractivity (Wildman–Crippen MR) is 46.9 cm³/mol. The Bertz CT molecular complexity index is 258. The maximum Gasteiger partial charge on any atom is 0.315 e. The lowest BCUT2D eigenvalue weighted by Crippen LogP contribution is -2.29. The topological polar surface area (TPSA) is 46.3 Å². The van der Waals surface area contributed by atoms with Gasteiger partial charge in [-0.15, -0.1) is 0 Å². The highest BCUT2D eigenvalue weighted by Gasteiger charge is 2.02.